The number of ether oxygens (including phenoxy) is 1. The summed E-state index contributed by atoms with van der Waals surface area (Å²) in [6.07, 6.45) is 1.75. The highest BCUT2D eigenvalue weighted by Crippen LogP contribution is 2.26. The van der Waals surface area contributed by atoms with E-state index in [2.05, 4.69) is 27.8 Å². The highest BCUT2D eigenvalue weighted by molar-refractivity contribution is 6.42. The van der Waals surface area contributed by atoms with E-state index in [0.29, 0.717) is 23.2 Å². The first-order valence-corrected chi connectivity index (χ1v) is 9.46. The van der Waals surface area contributed by atoms with Gasteiger partial charge in [0.25, 0.3) is 0 Å². The molecule has 0 N–H and O–H groups in total. The summed E-state index contributed by atoms with van der Waals surface area (Å²) in [4.78, 5) is 4.48. The summed E-state index contributed by atoms with van der Waals surface area (Å²) in [5, 5.41) is 1.08. The summed E-state index contributed by atoms with van der Waals surface area (Å²) in [6, 6.07) is 23.9. The van der Waals surface area contributed by atoms with Gasteiger partial charge in [0.1, 0.15) is 6.10 Å². The third-order valence-electron chi connectivity index (χ3n) is 4.50. The molecule has 0 spiro atoms. The van der Waals surface area contributed by atoms with Gasteiger partial charge in [0.05, 0.1) is 40.6 Å². The number of fused-ring (bicyclic) bond motifs is 1. The van der Waals surface area contributed by atoms with E-state index in [4.69, 9.17) is 27.9 Å². The maximum atomic E-state index is 6.28. The van der Waals surface area contributed by atoms with E-state index in [0.717, 1.165) is 22.2 Å². The first kappa shape index (κ1) is 18.1. The number of para-hydroxylation sites is 2. The Morgan fingerprint density at radius 3 is 2.48 bits per heavy atom. The van der Waals surface area contributed by atoms with Gasteiger partial charge in [-0.15, -0.1) is 0 Å². The highest BCUT2D eigenvalue weighted by atomic mass is 35.5. The molecule has 0 aliphatic rings. The summed E-state index contributed by atoms with van der Waals surface area (Å²) in [5.41, 5.74) is 4.18. The zero-order chi connectivity index (χ0) is 18.6. The quantitative estimate of drug-likeness (QED) is 0.382. The van der Waals surface area contributed by atoms with Gasteiger partial charge < -0.3 is 9.30 Å². The third-order valence-corrected chi connectivity index (χ3v) is 5.24. The molecule has 136 valence electrons. The third kappa shape index (κ3) is 4.16. The van der Waals surface area contributed by atoms with Gasteiger partial charge in [0, 0.05) is 0 Å². The molecule has 3 nitrogen and oxygen atoms in total. The van der Waals surface area contributed by atoms with Gasteiger partial charge in [-0.2, -0.15) is 0 Å². The summed E-state index contributed by atoms with van der Waals surface area (Å²) >= 11 is 12.1. The van der Waals surface area contributed by atoms with Gasteiger partial charge >= 0.3 is 0 Å². The number of rotatable bonds is 6. The fourth-order valence-corrected chi connectivity index (χ4v) is 3.40. The molecule has 1 atom stereocenters. The lowest BCUT2D eigenvalue weighted by atomic mass is 10.1. The van der Waals surface area contributed by atoms with Crippen LogP contribution in [0.2, 0.25) is 10.0 Å². The van der Waals surface area contributed by atoms with Crippen LogP contribution < -0.4 is 0 Å². The van der Waals surface area contributed by atoms with Crippen LogP contribution in [0.25, 0.3) is 11.0 Å². The van der Waals surface area contributed by atoms with Crippen LogP contribution in [0.4, 0.5) is 0 Å². The van der Waals surface area contributed by atoms with Crippen LogP contribution in [0.1, 0.15) is 17.2 Å². The van der Waals surface area contributed by atoms with Crippen LogP contribution in [0.5, 0.6) is 0 Å². The molecule has 0 saturated heterocycles. The van der Waals surface area contributed by atoms with E-state index in [-0.39, 0.29) is 6.10 Å². The van der Waals surface area contributed by atoms with E-state index < -0.39 is 0 Å². The van der Waals surface area contributed by atoms with Crippen molar-refractivity contribution in [3.8, 4) is 0 Å². The fraction of sp³-hybridized carbons (Fsp3) is 0.136. The SMILES string of the molecule is Clc1ccc(CO[C@H](Cn2cnc3ccccc32)c2ccccc2)cc1Cl. The minimum atomic E-state index is -0.113. The van der Waals surface area contributed by atoms with Crippen LogP contribution in [0, 0.1) is 0 Å². The van der Waals surface area contributed by atoms with Crippen LogP contribution >= 0.6 is 23.2 Å². The second-order valence-electron chi connectivity index (χ2n) is 6.34. The molecular formula is C22H18Cl2N2O. The maximum Gasteiger partial charge on any atom is 0.101 e. The number of nitrogens with zero attached hydrogens (tertiary/aromatic N) is 2. The number of aromatic nitrogens is 2. The van der Waals surface area contributed by atoms with Crippen molar-refractivity contribution in [2.75, 3.05) is 0 Å². The van der Waals surface area contributed by atoms with Gasteiger partial charge in [0.2, 0.25) is 0 Å². The Morgan fingerprint density at radius 2 is 1.67 bits per heavy atom. The molecule has 0 amide bonds. The Balaban J connectivity index is 1.58. The number of hydrogen-bond donors (Lipinski definition) is 0. The van der Waals surface area contributed by atoms with Crippen molar-refractivity contribution < 1.29 is 4.74 Å². The molecule has 1 aromatic heterocycles. The van der Waals surface area contributed by atoms with Gasteiger partial charge in [-0.25, -0.2) is 4.98 Å². The Morgan fingerprint density at radius 1 is 0.889 bits per heavy atom. The molecule has 0 unspecified atom stereocenters. The van der Waals surface area contributed by atoms with Crippen molar-refractivity contribution in [2.45, 2.75) is 19.3 Å². The molecule has 0 aliphatic heterocycles. The molecule has 4 rings (SSSR count). The minimum Gasteiger partial charge on any atom is -0.367 e. The Labute approximate surface area is 168 Å². The van der Waals surface area contributed by atoms with Crippen LogP contribution in [-0.4, -0.2) is 9.55 Å². The van der Waals surface area contributed by atoms with Gasteiger partial charge in [0.15, 0.2) is 0 Å². The van der Waals surface area contributed by atoms with E-state index >= 15 is 0 Å². The maximum absolute atomic E-state index is 6.28. The molecule has 3 aromatic carbocycles. The van der Waals surface area contributed by atoms with Crippen molar-refractivity contribution in [1.82, 2.24) is 9.55 Å². The second kappa shape index (κ2) is 8.13. The lowest BCUT2D eigenvalue weighted by molar-refractivity contribution is 0.0287. The predicted octanol–water partition coefficient (Wildman–Crippen LogP) is 6.30. The van der Waals surface area contributed by atoms with Crippen LogP contribution in [-0.2, 0) is 17.9 Å². The second-order valence-corrected chi connectivity index (χ2v) is 7.16. The van der Waals surface area contributed by atoms with E-state index in [9.17, 15) is 0 Å². The van der Waals surface area contributed by atoms with Crippen molar-refractivity contribution >= 4 is 34.2 Å². The van der Waals surface area contributed by atoms with Gasteiger partial charge in [-0.3, -0.25) is 0 Å². The Hall–Kier alpha value is -2.33. The van der Waals surface area contributed by atoms with E-state index in [1.807, 2.05) is 54.9 Å². The standard InChI is InChI=1S/C22H18Cl2N2O/c23-18-11-10-16(12-19(18)24)14-27-22(17-6-2-1-3-7-17)13-26-15-25-20-8-4-5-9-21(20)26/h1-12,15,22H,13-14H2/t22-/m1/s1. The largest absolute Gasteiger partial charge is 0.367 e. The van der Waals surface area contributed by atoms with Gasteiger partial charge in [-0.1, -0.05) is 71.7 Å². The molecule has 0 saturated carbocycles. The minimum absolute atomic E-state index is 0.113. The molecule has 5 heteroatoms. The molecule has 0 fully saturated rings. The molecule has 4 aromatic rings. The zero-order valence-corrected chi connectivity index (χ0v) is 16.1. The monoisotopic (exact) mass is 396 g/mol. The number of halogens is 2. The molecule has 27 heavy (non-hydrogen) atoms. The van der Waals surface area contributed by atoms with E-state index in [1.54, 1.807) is 6.07 Å². The average molecular weight is 397 g/mol. The lowest BCUT2D eigenvalue weighted by Crippen LogP contribution is -2.12. The summed E-state index contributed by atoms with van der Waals surface area (Å²) < 4.78 is 8.41. The molecule has 0 bridgehead atoms. The molecule has 0 radical (unpaired) electrons. The summed E-state index contributed by atoms with van der Waals surface area (Å²) in [6.45, 7) is 1.12. The van der Waals surface area contributed by atoms with Crippen LogP contribution in [0.15, 0.2) is 79.1 Å². The number of imidazole rings is 1. The number of hydrogen-bond acceptors (Lipinski definition) is 2. The normalized spacial score (nSPS) is 12.4. The first-order valence-electron chi connectivity index (χ1n) is 8.71. The van der Waals surface area contributed by atoms with Crippen molar-refractivity contribution in [3.63, 3.8) is 0 Å². The average Bonchev–Trinajstić information content (AvgIpc) is 3.11. The van der Waals surface area contributed by atoms with Crippen molar-refractivity contribution in [1.29, 1.82) is 0 Å². The Kier molecular flexibility index (Phi) is 5.44. The zero-order valence-electron chi connectivity index (χ0n) is 14.6. The smallest absolute Gasteiger partial charge is 0.101 e. The number of benzene rings is 3. The topological polar surface area (TPSA) is 27.1 Å². The van der Waals surface area contributed by atoms with E-state index in [1.165, 1.54) is 0 Å². The first-order chi connectivity index (χ1) is 13.2. The molecule has 0 aliphatic carbocycles. The highest BCUT2D eigenvalue weighted by Gasteiger charge is 2.15. The molecule has 1 heterocycles. The molecular weight excluding hydrogens is 379 g/mol. The Bertz CT molecular complexity index is 1050. The lowest BCUT2D eigenvalue weighted by Gasteiger charge is -2.20. The van der Waals surface area contributed by atoms with Crippen molar-refractivity contribution in [3.05, 3.63) is 100 Å². The summed E-state index contributed by atoms with van der Waals surface area (Å²) in [5.74, 6) is 0. The van der Waals surface area contributed by atoms with Crippen LogP contribution in [0.3, 0.4) is 0 Å². The fourth-order valence-electron chi connectivity index (χ4n) is 3.08. The van der Waals surface area contributed by atoms with Gasteiger partial charge in [-0.05, 0) is 35.4 Å². The predicted molar refractivity (Wildman–Crippen MR) is 110 cm³/mol. The van der Waals surface area contributed by atoms with Crippen molar-refractivity contribution in [2.24, 2.45) is 0 Å². The summed E-state index contributed by atoms with van der Waals surface area (Å²) in [7, 11) is 0.